The number of pyridine rings is 1. The van der Waals surface area contributed by atoms with Gasteiger partial charge in [-0.3, -0.25) is 0 Å². The van der Waals surface area contributed by atoms with Crippen LogP contribution in [0.2, 0.25) is 0 Å². The first-order chi connectivity index (χ1) is 8.20. The zero-order valence-corrected chi connectivity index (χ0v) is 12.6. The Bertz CT molecular complexity index is 344. The van der Waals surface area contributed by atoms with Crippen molar-refractivity contribution >= 4 is 15.9 Å². The maximum atomic E-state index is 12.2. The van der Waals surface area contributed by atoms with Crippen LogP contribution in [0.1, 0.15) is 13.8 Å². The molecule has 0 atom stereocenters. The molecule has 0 aliphatic carbocycles. The fraction of sp³-hybridized carbons (Fsp3) is 0.417. The average molecular weight is 325 g/mol. The second-order valence-electron chi connectivity index (χ2n) is 3.67. The summed E-state index contributed by atoms with van der Waals surface area (Å²) in [5.74, 6) is -1.36. The number of aliphatic hydroxyl groups excluding tert-OH is 1. The molecule has 6 heteroatoms. The smallest absolute Gasteiger partial charge is 0.158 e. The molecule has 0 fully saturated rings. The largest absolute Gasteiger partial charge is 0.394 e. The van der Waals surface area contributed by atoms with Crippen LogP contribution in [0, 0.1) is 11.6 Å². The number of aromatic nitrogens is 1. The van der Waals surface area contributed by atoms with Crippen molar-refractivity contribution in [1.82, 2.24) is 9.88 Å². The molecule has 0 unspecified atom stereocenters. The van der Waals surface area contributed by atoms with Crippen molar-refractivity contribution in [3.63, 3.8) is 0 Å². The molecule has 0 saturated carbocycles. The number of hydrogen-bond acceptors (Lipinski definition) is 3. The van der Waals surface area contributed by atoms with Gasteiger partial charge in [-0.15, -0.1) is 0 Å². The van der Waals surface area contributed by atoms with Crippen molar-refractivity contribution < 1.29 is 13.9 Å². The van der Waals surface area contributed by atoms with E-state index in [1.165, 1.54) is 0 Å². The highest BCUT2D eigenvalue weighted by atomic mass is 79.9. The van der Waals surface area contributed by atoms with Crippen molar-refractivity contribution in [2.75, 3.05) is 14.1 Å². The van der Waals surface area contributed by atoms with Crippen molar-refractivity contribution in [3.05, 3.63) is 41.3 Å². The number of nitrogens with zero attached hydrogens (tertiary/aromatic N) is 2. The molecule has 1 rings (SSSR count). The summed E-state index contributed by atoms with van der Waals surface area (Å²) in [6.45, 7) is 6.93. The molecule has 1 aromatic rings. The molecular formula is C12H19BrF2N2O. The van der Waals surface area contributed by atoms with Gasteiger partial charge in [0.05, 0.1) is 6.20 Å². The minimum Gasteiger partial charge on any atom is -0.394 e. The molecule has 0 bridgehead atoms. The van der Waals surface area contributed by atoms with Gasteiger partial charge >= 0.3 is 0 Å². The highest BCUT2D eigenvalue weighted by Gasteiger charge is 1.99. The van der Waals surface area contributed by atoms with Crippen molar-refractivity contribution in [2.45, 2.75) is 20.0 Å². The molecule has 18 heavy (non-hydrogen) atoms. The van der Waals surface area contributed by atoms with Gasteiger partial charge in [0.15, 0.2) is 5.82 Å². The van der Waals surface area contributed by atoms with Gasteiger partial charge in [0, 0.05) is 26.3 Å². The molecule has 0 saturated heterocycles. The van der Waals surface area contributed by atoms with E-state index in [0.717, 1.165) is 12.3 Å². The lowest BCUT2D eigenvalue weighted by atomic mass is 10.5. The second-order valence-corrected chi connectivity index (χ2v) is 4.42. The summed E-state index contributed by atoms with van der Waals surface area (Å²) < 4.78 is 24.3. The molecule has 0 spiro atoms. The van der Waals surface area contributed by atoms with Crippen molar-refractivity contribution in [1.29, 1.82) is 0 Å². The summed E-state index contributed by atoms with van der Waals surface area (Å²) in [6, 6.07) is 0.761. The van der Waals surface area contributed by atoms with Gasteiger partial charge in [0.1, 0.15) is 10.4 Å². The summed E-state index contributed by atoms with van der Waals surface area (Å²) in [7, 11) is 3.88. The SMILES string of the molecule is C=CN(C)C.CC(C)O.Fc1cnc(Br)c(F)c1. The summed E-state index contributed by atoms with van der Waals surface area (Å²) >= 11 is 2.78. The van der Waals surface area contributed by atoms with Crippen LogP contribution in [0.4, 0.5) is 8.78 Å². The molecule has 0 aliphatic heterocycles. The van der Waals surface area contributed by atoms with Crippen LogP contribution in [0.15, 0.2) is 29.6 Å². The normalized spacial score (nSPS) is 8.72. The Morgan fingerprint density at radius 3 is 2.06 bits per heavy atom. The summed E-state index contributed by atoms with van der Waals surface area (Å²) in [5.41, 5.74) is 0. The van der Waals surface area contributed by atoms with Gasteiger partial charge in [-0.2, -0.15) is 0 Å². The van der Waals surface area contributed by atoms with Crippen LogP contribution < -0.4 is 0 Å². The molecule has 1 aromatic heterocycles. The summed E-state index contributed by atoms with van der Waals surface area (Å²) in [5, 5.41) is 8.06. The van der Waals surface area contributed by atoms with E-state index in [2.05, 4.69) is 27.5 Å². The van der Waals surface area contributed by atoms with Crippen LogP contribution in [0.3, 0.4) is 0 Å². The number of hydrogen-bond donors (Lipinski definition) is 1. The van der Waals surface area contributed by atoms with Crippen molar-refractivity contribution in [2.24, 2.45) is 0 Å². The van der Waals surface area contributed by atoms with Gasteiger partial charge in [0.2, 0.25) is 0 Å². The van der Waals surface area contributed by atoms with Crippen LogP contribution in [0.5, 0.6) is 0 Å². The first-order valence-corrected chi connectivity index (χ1v) is 5.93. The predicted molar refractivity (Wildman–Crippen MR) is 73.1 cm³/mol. The summed E-state index contributed by atoms with van der Waals surface area (Å²) in [4.78, 5) is 5.23. The van der Waals surface area contributed by atoms with Crippen molar-refractivity contribution in [3.8, 4) is 0 Å². The Morgan fingerprint density at radius 2 is 1.83 bits per heavy atom. The highest BCUT2D eigenvalue weighted by molar-refractivity contribution is 9.10. The van der Waals surface area contributed by atoms with Gasteiger partial charge in [-0.1, -0.05) is 6.58 Å². The maximum Gasteiger partial charge on any atom is 0.158 e. The molecule has 0 amide bonds. The van der Waals surface area contributed by atoms with E-state index in [4.69, 9.17) is 5.11 Å². The predicted octanol–water partition coefficient (Wildman–Crippen LogP) is 3.20. The average Bonchev–Trinajstić information content (AvgIpc) is 2.24. The molecule has 0 aromatic carbocycles. The van der Waals surface area contributed by atoms with E-state index in [1.54, 1.807) is 20.0 Å². The minimum atomic E-state index is -0.685. The van der Waals surface area contributed by atoms with Crippen LogP contribution >= 0.6 is 15.9 Å². The fourth-order valence-electron chi connectivity index (χ4n) is 0.398. The molecule has 1 N–H and O–H groups in total. The van der Waals surface area contributed by atoms with E-state index in [9.17, 15) is 8.78 Å². The Balaban J connectivity index is 0. The lowest BCUT2D eigenvalue weighted by molar-refractivity contribution is 0.216. The molecule has 3 nitrogen and oxygen atoms in total. The number of rotatable bonds is 1. The lowest BCUT2D eigenvalue weighted by Crippen LogP contribution is -1.97. The van der Waals surface area contributed by atoms with E-state index >= 15 is 0 Å². The maximum absolute atomic E-state index is 12.2. The van der Waals surface area contributed by atoms with Crippen LogP contribution in [-0.2, 0) is 0 Å². The minimum absolute atomic E-state index is 0.0314. The Labute approximate surface area is 115 Å². The quantitative estimate of drug-likeness (QED) is 0.806. The first-order valence-electron chi connectivity index (χ1n) is 5.14. The molecule has 1 heterocycles. The zero-order chi connectivity index (χ0) is 14.7. The third kappa shape index (κ3) is 15.0. The van der Waals surface area contributed by atoms with Gasteiger partial charge in [0.25, 0.3) is 0 Å². The monoisotopic (exact) mass is 324 g/mol. The van der Waals surface area contributed by atoms with Gasteiger partial charge < -0.3 is 10.0 Å². The Morgan fingerprint density at radius 1 is 1.44 bits per heavy atom. The van der Waals surface area contributed by atoms with Crippen LogP contribution in [-0.4, -0.2) is 35.2 Å². The van der Waals surface area contributed by atoms with E-state index in [1.807, 2.05) is 19.0 Å². The molecule has 104 valence electrons. The zero-order valence-electron chi connectivity index (χ0n) is 11.0. The van der Waals surface area contributed by atoms with E-state index < -0.39 is 11.6 Å². The third-order valence-corrected chi connectivity index (χ3v) is 1.71. The number of aliphatic hydroxyl groups is 1. The highest BCUT2D eigenvalue weighted by Crippen LogP contribution is 2.11. The first kappa shape index (κ1) is 19.3. The third-order valence-electron chi connectivity index (χ3n) is 1.13. The fourth-order valence-corrected chi connectivity index (χ4v) is 0.615. The summed E-state index contributed by atoms with van der Waals surface area (Å²) in [6.07, 6.45) is 2.52. The Hall–Kier alpha value is -1.01. The second kappa shape index (κ2) is 11.1. The van der Waals surface area contributed by atoms with Crippen LogP contribution in [0.25, 0.3) is 0 Å². The molecular weight excluding hydrogens is 306 g/mol. The number of halogens is 3. The van der Waals surface area contributed by atoms with E-state index in [-0.39, 0.29) is 10.7 Å². The molecule has 0 aliphatic rings. The lowest BCUT2D eigenvalue weighted by Gasteiger charge is -1.98. The van der Waals surface area contributed by atoms with E-state index in [0.29, 0.717) is 0 Å². The standard InChI is InChI=1S/C5H2BrF2N.C4H9N.C3H8O/c6-5-4(8)1-3(7)2-9-5;1-4-5(2)3;1-3(2)4/h1-2H;4H,1H2,2-3H3;3-4H,1-2H3. The topological polar surface area (TPSA) is 36.4 Å². The van der Waals surface area contributed by atoms with Gasteiger partial charge in [-0.05, 0) is 36.0 Å². The Kier molecular flexibility index (Phi) is 11.9. The van der Waals surface area contributed by atoms with Gasteiger partial charge in [-0.25, -0.2) is 13.8 Å². The molecule has 0 radical (unpaired) electrons.